The molecule has 2 saturated carbocycles. The van der Waals surface area contributed by atoms with Crippen LogP contribution in [0.3, 0.4) is 0 Å². The molecule has 7 heteroatoms. The van der Waals surface area contributed by atoms with E-state index in [1.54, 1.807) is 17.1 Å². The van der Waals surface area contributed by atoms with Crippen LogP contribution in [0.2, 0.25) is 0 Å². The average Bonchev–Trinajstić information content (AvgIpc) is 3.18. The molecule has 0 spiro atoms. The number of nitrogens with one attached hydrogen (secondary N) is 1. The predicted molar refractivity (Wildman–Crippen MR) is 77.9 cm³/mol. The van der Waals surface area contributed by atoms with Crippen molar-refractivity contribution in [2.24, 2.45) is 11.8 Å². The molecule has 3 atom stereocenters. The molecule has 0 aromatic carbocycles. The number of rotatable bonds is 5. The second-order valence-corrected chi connectivity index (χ2v) is 6.49. The van der Waals surface area contributed by atoms with Crippen LogP contribution in [0, 0.1) is 11.8 Å². The number of hydrogen-bond donors (Lipinski definition) is 2. The van der Waals surface area contributed by atoms with Gasteiger partial charge < -0.3 is 10.4 Å². The average molecular weight is 306 g/mol. The van der Waals surface area contributed by atoms with E-state index in [0.717, 1.165) is 12.8 Å². The zero-order chi connectivity index (χ0) is 15.5. The highest BCUT2D eigenvalue weighted by Crippen LogP contribution is 2.35. The Morgan fingerprint density at radius 2 is 2.05 bits per heavy atom. The van der Waals surface area contributed by atoms with Gasteiger partial charge in [0.05, 0.1) is 24.2 Å². The predicted octanol–water partition coefficient (Wildman–Crippen LogP) is 1.38. The van der Waals surface area contributed by atoms with Crippen molar-refractivity contribution in [1.29, 1.82) is 0 Å². The summed E-state index contributed by atoms with van der Waals surface area (Å²) in [5.74, 6) is -0.724. The number of carboxylic acids is 1. The number of carboxylic acid groups (broad SMARTS) is 1. The van der Waals surface area contributed by atoms with Crippen LogP contribution in [0.25, 0.3) is 0 Å². The Bertz CT molecular complexity index is 525. The minimum Gasteiger partial charge on any atom is -0.481 e. The Morgan fingerprint density at radius 1 is 1.27 bits per heavy atom. The maximum absolute atomic E-state index is 12.2. The first-order valence-corrected chi connectivity index (χ1v) is 8.01. The summed E-state index contributed by atoms with van der Waals surface area (Å²) in [5.41, 5.74) is 0. The molecule has 120 valence electrons. The zero-order valence-corrected chi connectivity index (χ0v) is 12.5. The Balaban J connectivity index is 1.63. The first kappa shape index (κ1) is 15.0. The molecule has 1 unspecified atom stereocenters. The molecule has 0 saturated heterocycles. The minimum absolute atomic E-state index is 0.0352. The van der Waals surface area contributed by atoms with Gasteiger partial charge in [-0.05, 0) is 31.6 Å². The molecule has 0 radical (unpaired) electrons. The first-order chi connectivity index (χ1) is 10.6. The normalized spacial score (nSPS) is 28.8. The fraction of sp³-hybridized carbons (Fsp3) is 0.733. The lowest BCUT2D eigenvalue weighted by molar-refractivity contribution is -0.141. The number of carbonyl (C=O) groups is 2. The smallest absolute Gasteiger partial charge is 0.306 e. The van der Waals surface area contributed by atoms with Crippen molar-refractivity contribution < 1.29 is 14.7 Å². The van der Waals surface area contributed by atoms with Crippen LogP contribution in [-0.4, -0.2) is 38.0 Å². The summed E-state index contributed by atoms with van der Waals surface area (Å²) in [6.45, 7) is 0. The van der Waals surface area contributed by atoms with Crippen LogP contribution in [0.5, 0.6) is 0 Å². The van der Waals surface area contributed by atoms with E-state index in [4.69, 9.17) is 0 Å². The van der Waals surface area contributed by atoms with E-state index in [1.807, 2.05) is 0 Å². The lowest BCUT2D eigenvalue weighted by atomic mass is 10.0. The lowest BCUT2D eigenvalue weighted by Gasteiger charge is -2.21. The number of aromatic nitrogens is 3. The van der Waals surface area contributed by atoms with Crippen molar-refractivity contribution >= 4 is 11.9 Å². The van der Waals surface area contributed by atoms with Gasteiger partial charge in [0.2, 0.25) is 5.91 Å². The molecule has 2 N–H and O–H groups in total. The van der Waals surface area contributed by atoms with E-state index in [-0.39, 0.29) is 18.0 Å². The molecule has 0 aliphatic heterocycles. The maximum Gasteiger partial charge on any atom is 0.306 e. The molecule has 1 heterocycles. The standard InChI is InChI=1S/C15H22N4O3/c20-14(7-10-3-1-2-4-10)17-12-8-11(15(21)22)9-13(12)19-6-5-16-18-19/h5-6,10-13H,1-4,7-9H2,(H,17,20)(H,21,22)/t11?,12-,13+/m1/s1. The third-order valence-corrected chi connectivity index (χ3v) is 4.95. The summed E-state index contributed by atoms with van der Waals surface area (Å²) in [7, 11) is 0. The summed E-state index contributed by atoms with van der Waals surface area (Å²) in [4.78, 5) is 23.5. The van der Waals surface area contributed by atoms with Gasteiger partial charge in [-0.25, -0.2) is 4.68 Å². The van der Waals surface area contributed by atoms with Crippen molar-refractivity contribution in [2.45, 2.75) is 57.0 Å². The highest BCUT2D eigenvalue weighted by molar-refractivity contribution is 5.77. The Morgan fingerprint density at radius 3 is 2.68 bits per heavy atom. The number of aliphatic carboxylic acids is 1. The van der Waals surface area contributed by atoms with Gasteiger partial charge in [0.25, 0.3) is 0 Å². The summed E-state index contributed by atoms with van der Waals surface area (Å²) in [6.07, 6.45) is 9.47. The van der Waals surface area contributed by atoms with Crippen LogP contribution in [0.15, 0.2) is 12.4 Å². The van der Waals surface area contributed by atoms with Gasteiger partial charge in [-0.15, -0.1) is 5.10 Å². The van der Waals surface area contributed by atoms with Crippen LogP contribution in [0.4, 0.5) is 0 Å². The maximum atomic E-state index is 12.2. The van der Waals surface area contributed by atoms with E-state index in [9.17, 15) is 14.7 Å². The van der Waals surface area contributed by atoms with Crippen molar-refractivity contribution in [3.8, 4) is 0 Å². The quantitative estimate of drug-likeness (QED) is 0.856. The molecule has 1 aromatic rings. The van der Waals surface area contributed by atoms with E-state index >= 15 is 0 Å². The Kier molecular flexibility index (Phi) is 4.40. The summed E-state index contributed by atoms with van der Waals surface area (Å²) >= 11 is 0. The third kappa shape index (κ3) is 3.28. The summed E-state index contributed by atoms with van der Waals surface area (Å²) < 4.78 is 1.67. The number of nitrogens with zero attached hydrogens (tertiary/aromatic N) is 3. The molecule has 1 amide bonds. The monoisotopic (exact) mass is 306 g/mol. The second kappa shape index (κ2) is 6.46. The number of amides is 1. The van der Waals surface area contributed by atoms with Crippen LogP contribution >= 0.6 is 0 Å². The number of hydrogen-bond acceptors (Lipinski definition) is 4. The van der Waals surface area contributed by atoms with Crippen LogP contribution in [0.1, 0.15) is 51.0 Å². The first-order valence-electron chi connectivity index (χ1n) is 8.01. The van der Waals surface area contributed by atoms with Crippen LogP contribution in [-0.2, 0) is 9.59 Å². The molecule has 2 aliphatic carbocycles. The molecular weight excluding hydrogens is 284 g/mol. The molecular formula is C15H22N4O3. The molecule has 2 aliphatic rings. The van der Waals surface area contributed by atoms with Gasteiger partial charge in [-0.3, -0.25) is 9.59 Å². The largest absolute Gasteiger partial charge is 0.481 e. The fourth-order valence-electron chi connectivity index (χ4n) is 3.80. The highest BCUT2D eigenvalue weighted by atomic mass is 16.4. The van der Waals surface area contributed by atoms with Gasteiger partial charge in [-0.1, -0.05) is 18.1 Å². The molecule has 1 aromatic heterocycles. The zero-order valence-electron chi connectivity index (χ0n) is 12.5. The van der Waals surface area contributed by atoms with Crippen molar-refractivity contribution in [3.63, 3.8) is 0 Å². The van der Waals surface area contributed by atoms with Gasteiger partial charge >= 0.3 is 5.97 Å². The lowest BCUT2D eigenvalue weighted by Crippen LogP contribution is -2.39. The van der Waals surface area contributed by atoms with E-state index in [0.29, 0.717) is 25.2 Å². The minimum atomic E-state index is -0.808. The fourth-order valence-corrected chi connectivity index (χ4v) is 3.80. The van der Waals surface area contributed by atoms with Gasteiger partial charge in [-0.2, -0.15) is 0 Å². The van der Waals surface area contributed by atoms with Crippen LogP contribution < -0.4 is 5.32 Å². The van der Waals surface area contributed by atoms with E-state index in [2.05, 4.69) is 15.6 Å². The van der Waals surface area contributed by atoms with Gasteiger partial charge in [0.1, 0.15) is 0 Å². The van der Waals surface area contributed by atoms with E-state index in [1.165, 1.54) is 12.8 Å². The summed E-state index contributed by atoms with van der Waals surface area (Å²) in [5, 5.41) is 20.1. The molecule has 0 bridgehead atoms. The van der Waals surface area contributed by atoms with E-state index < -0.39 is 11.9 Å². The summed E-state index contributed by atoms with van der Waals surface area (Å²) in [6, 6.07) is -0.312. The highest BCUT2D eigenvalue weighted by Gasteiger charge is 2.40. The number of carbonyl (C=O) groups excluding carboxylic acids is 1. The van der Waals surface area contributed by atoms with Crippen molar-refractivity contribution in [3.05, 3.63) is 12.4 Å². The third-order valence-electron chi connectivity index (χ3n) is 4.95. The Hall–Kier alpha value is -1.92. The molecule has 22 heavy (non-hydrogen) atoms. The topological polar surface area (TPSA) is 97.1 Å². The van der Waals surface area contributed by atoms with Crippen molar-refractivity contribution in [1.82, 2.24) is 20.3 Å². The van der Waals surface area contributed by atoms with Crippen molar-refractivity contribution in [2.75, 3.05) is 0 Å². The molecule has 7 nitrogen and oxygen atoms in total. The second-order valence-electron chi connectivity index (χ2n) is 6.49. The molecule has 3 rings (SSSR count). The Labute approximate surface area is 129 Å². The SMILES string of the molecule is O=C(CC1CCCC1)N[C@@H]1CC(C(=O)O)C[C@@H]1n1ccnn1. The van der Waals surface area contributed by atoms with Gasteiger partial charge in [0.15, 0.2) is 0 Å². The van der Waals surface area contributed by atoms with Gasteiger partial charge in [0, 0.05) is 12.6 Å². The molecule has 2 fully saturated rings.